The van der Waals surface area contributed by atoms with Crippen LogP contribution in [0.1, 0.15) is 18.6 Å². The maximum Gasteiger partial charge on any atom is 0.333 e. The number of ether oxygens (including phenoxy) is 2. The molecule has 0 saturated carbocycles. The molecule has 2 N–H and O–H groups in total. The van der Waals surface area contributed by atoms with E-state index in [-0.39, 0.29) is 6.54 Å². The summed E-state index contributed by atoms with van der Waals surface area (Å²) in [6.45, 7) is 2.03. The zero-order chi connectivity index (χ0) is 18.5. The summed E-state index contributed by atoms with van der Waals surface area (Å²) >= 11 is 0. The van der Waals surface area contributed by atoms with Gasteiger partial charge < -0.3 is 15.2 Å². The number of imide groups is 1. The van der Waals surface area contributed by atoms with Crippen molar-refractivity contribution < 1.29 is 19.1 Å². The monoisotopic (exact) mass is 353 g/mol. The summed E-state index contributed by atoms with van der Waals surface area (Å²) in [5, 5.41) is 0. The van der Waals surface area contributed by atoms with E-state index in [1.54, 1.807) is 30.2 Å². The zero-order valence-corrected chi connectivity index (χ0v) is 14.5. The molecular formula is C19H19N3O4. The predicted octanol–water partition coefficient (Wildman–Crippen LogP) is 2.91. The SMILES string of the molecule is COc1ccc2c(c1)N1C(=O)N(C(N)=O)CC1(C)C(c1ccccc1)O2. The smallest absolute Gasteiger partial charge is 0.333 e. The molecule has 0 bridgehead atoms. The lowest BCUT2D eigenvalue weighted by Crippen LogP contribution is -2.54. The molecule has 1 saturated heterocycles. The van der Waals surface area contributed by atoms with Gasteiger partial charge in [0.2, 0.25) is 0 Å². The van der Waals surface area contributed by atoms with E-state index in [4.69, 9.17) is 15.2 Å². The molecule has 2 aromatic carbocycles. The second kappa shape index (κ2) is 5.66. The molecule has 2 aliphatic heterocycles. The normalized spacial score (nSPS) is 23.9. The van der Waals surface area contributed by atoms with Crippen LogP contribution in [0, 0.1) is 0 Å². The van der Waals surface area contributed by atoms with Gasteiger partial charge in [0, 0.05) is 6.07 Å². The maximum absolute atomic E-state index is 13.0. The van der Waals surface area contributed by atoms with Crippen molar-refractivity contribution in [2.24, 2.45) is 5.73 Å². The molecule has 134 valence electrons. The van der Waals surface area contributed by atoms with E-state index in [1.165, 1.54) is 0 Å². The van der Waals surface area contributed by atoms with Crippen LogP contribution in [0.4, 0.5) is 15.3 Å². The highest BCUT2D eigenvalue weighted by molar-refractivity contribution is 6.06. The zero-order valence-electron chi connectivity index (χ0n) is 14.5. The molecular weight excluding hydrogens is 334 g/mol. The first-order valence-electron chi connectivity index (χ1n) is 8.26. The van der Waals surface area contributed by atoms with Gasteiger partial charge in [-0.15, -0.1) is 0 Å². The second-order valence-electron chi connectivity index (χ2n) is 6.64. The quantitative estimate of drug-likeness (QED) is 0.899. The Kier molecular flexibility index (Phi) is 3.54. The molecule has 2 aliphatic rings. The third-order valence-electron chi connectivity index (χ3n) is 5.00. The van der Waals surface area contributed by atoms with E-state index in [0.717, 1.165) is 10.5 Å². The molecule has 4 rings (SSSR count). The molecule has 0 aromatic heterocycles. The van der Waals surface area contributed by atoms with Gasteiger partial charge in [0.15, 0.2) is 0 Å². The van der Waals surface area contributed by atoms with Crippen LogP contribution in [0.25, 0.3) is 0 Å². The lowest BCUT2D eigenvalue weighted by atomic mass is 9.86. The van der Waals surface area contributed by atoms with Crippen molar-refractivity contribution in [3.05, 3.63) is 54.1 Å². The summed E-state index contributed by atoms with van der Waals surface area (Å²) in [6, 6.07) is 13.7. The molecule has 2 atom stereocenters. The number of primary amides is 1. The van der Waals surface area contributed by atoms with Gasteiger partial charge in [-0.3, -0.25) is 4.90 Å². The lowest BCUT2D eigenvalue weighted by molar-refractivity contribution is 0.108. The first kappa shape index (κ1) is 16.3. The van der Waals surface area contributed by atoms with Gasteiger partial charge in [-0.2, -0.15) is 0 Å². The summed E-state index contributed by atoms with van der Waals surface area (Å²) in [5.74, 6) is 1.15. The van der Waals surface area contributed by atoms with Gasteiger partial charge in [0.1, 0.15) is 23.1 Å². The Labute approximate surface area is 150 Å². The first-order chi connectivity index (χ1) is 12.5. The first-order valence-corrected chi connectivity index (χ1v) is 8.26. The minimum atomic E-state index is -0.799. The summed E-state index contributed by atoms with van der Waals surface area (Å²) in [7, 11) is 1.55. The Morgan fingerprint density at radius 3 is 2.65 bits per heavy atom. The van der Waals surface area contributed by atoms with E-state index in [0.29, 0.717) is 17.2 Å². The van der Waals surface area contributed by atoms with Crippen molar-refractivity contribution in [1.82, 2.24) is 4.90 Å². The van der Waals surface area contributed by atoms with E-state index in [1.807, 2.05) is 37.3 Å². The van der Waals surface area contributed by atoms with Crippen LogP contribution in [0.3, 0.4) is 0 Å². The topological polar surface area (TPSA) is 85.1 Å². The fourth-order valence-corrected chi connectivity index (χ4v) is 3.76. The summed E-state index contributed by atoms with van der Waals surface area (Å²) in [4.78, 5) is 27.4. The van der Waals surface area contributed by atoms with Crippen LogP contribution in [0.2, 0.25) is 0 Å². The lowest BCUT2D eigenvalue weighted by Gasteiger charge is -2.45. The Bertz CT molecular complexity index is 886. The molecule has 7 heteroatoms. The van der Waals surface area contributed by atoms with Crippen LogP contribution >= 0.6 is 0 Å². The highest BCUT2D eigenvalue weighted by atomic mass is 16.5. The van der Waals surface area contributed by atoms with Gasteiger partial charge >= 0.3 is 12.1 Å². The number of nitrogens with zero attached hydrogens (tertiary/aromatic N) is 2. The Hall–Kier alpha value is -3.22. The third kappa shape index (κ3) is 2.20. The Morgan fingerprint density at radius 2 is 2.00 bits per heavy atom. The molecule has 2 heterocycles. The number of urea groups is 2. The van der Waals surface area contributed by atoms with Crippen molar-refractivity contribution >= 4 is 17.7 Å². The number of anilines is 1. The summed E-state index contributed by atoms with van der Waals surface area (Å²) < 4.78 is 11.6. The molecule has 2 aromatic rings. The minimum absolute atomic E-state index is 0.136. The number of nitrogens with two attached hydrogens (primary N) is 1. The average Bonchev–Trinajstić information content (AvgIpc) is 2.93. The minimum Gasteiger partial charge on any atom is -0.497 e. The third-order valence-corrected chi connectivity index (χ3v) is 5.00. The van der Waals surface area contributed by atoms with Gasteiger partial charge in [0.25, 0.3) is 0 Å². The van der Waals surface area contributed by atoms with Crippen molar-refractivity contribution in [3.63, 3.8) is 0 Å². The standard InChI is InChI=1S/C19H19N3O4/c1-19-11-21(17(20)23)18(24)22(19)14-10-13(25-2)8-9-15(14)26-16(19)12-6-4-3-5-7-12/h3-10,16H,11H2,1-2H3,(H2,20,23). The molecule has 7 nitrogen and oxygen atoms in total. The van der Waals surface area contributed by atoms with Crippen LogP contribution < -0.4 is 20.1 Å². The van der Waals surface area contributed by atoms with Crippen LogP contribution in [0.15, 0.2) is 48.5 Å². The van der Waals surface area contributed by atoms with Crippen LogP contribution in [-0.2, 0) is 0 Å². The highest BCUT2D eigenvalue weighted by Gasteiger charge is 2.58. The number of hydrogen-bond donors (Lipinski definition) is 1. The molecule has 0 spiro atoms. The van der Waals surface area contributed by atoms with Crippen molar-refractivity contribution in [1.29, 1.82) is 0 Å². The number of fused-ring (bicyclic) bond motifs is 3. The molecule has 0 radical (unpaired) electrons. The van der Waals surface area contributed by atoms with Crippen LogP contribution in [-0.4, -0.2) is 36.2 Å². The van der Waals surface area contributed by atoms with Crippen molar-refractivity contribution in [2.45, 2.75) is 18.6 Å². The summed E-state index contributed by atoms with van der Waals surface area (Å²) in [5.41, 5.74) is 6.12. The number of carbonyl (C=O) groups excluding carboxylic acids is 2. The fraction of sp³-hybridized carbons (Fsp3) is 0.263. The predicted molar refractivity (Wildman–Crippen MR) is 95.4 cm³/mol. The van der Waals surface area contributed by atoms with Gasteiger partial charge in [0.05, 0.1) is 19.3 Å². The molecule has 0 aliphatic carbocycles. The maximum atomic E-state index is 13.0. The number of carbonyl (C=O) groups is 2. The van der Waals surface area contributed by atoms with E-state index < -0.39 is 23.7 Å². The number of rotatable bonds is 2. The average molecular weight is 353 g/mol. The number of benzene rings is 2. The van der Waals surface area contributed by atoms with Gasteiger partial charge in [-0.25, -0.2) is 14.5 Å². The number of methoxy groups -OCH3 is 1. The number of hydrogen-bond acceptors (Lipinski definition) is 4. The Morgan fingerprint density at radius 1 is 1.27 bits per heavy atom. The highest BCUT2D eigenvalue weighted by Crippen LogP contribution is 2.51. The van der Waals surface area contributed by atoms with Crippen molar-refractivity contribution in [3.8, 4) is 11.5 Å². The Balaban J connectivity index is 1.91. The second-order valence-corrected chi connectivity index (χ2v) is 6.64. The van der Waals surface area contributed by atoms with E-state index >= 15 is 0 Å². The molecule has 1 fully saturated rings. The van der Waals surface area contributed by atoms with E-state index in [9.17, 15) is 9.59 Å². The largest absolute Gasteiger partial charge is 0.497 e. The van der Waals surface area contributed by atoms with Crippen molar-refractivity contribution in [2.75, 3.05) is 18.6 Å². The van der Waals surface area contributed by atoms with Gasteiger partial charge in [-0.05, 0) is 24.6 Å². The van der Waals surface area contributed by atoms with Crippen LogP contribution in [0.5, 0.6) is 11.5 Å². The number of amides is 4. The van der Waals surface area contributed by atoms with Gasteiger partial charge in [-0.1, -0.05) is 30.3 Å². The molecule has 26 heavy (non-hydrogen) atoms. The molecule has 2 unspecified atom stereocenters. The fourth-order valence-electron chi connectivity index (χ4n) is 3.76. The van der Waals surface area contributed by atoms with E-state index in [2.05, 4.69) is 0 Å². The molecule has 4 amide bonds. The summed E-state index contributed by atoms with van der Waals surface area (Å²) in [6.07, 6.45) is -0.446.